The van der Waals surface area contributed by atoms with Gasteiger partial charge in [0.2, 0.25) is 0 Å². The standard InChI is InChI=1S/C8H14O2/c1-6(2)8(10)5-4-7(3)9/h6-10H,1-3H3. The highest BCUT2D eigenvalue weighted by Gasteiger charge is 2.03. The third kappa shape index (κ3) is 4.37. The molecule has 10 heavy (non-hydrogen) atoms. The van der Waals surface area contributed by atoms with Crippen LogP contribution in [0.3, 0.4) is 0 Å². The zero-order chi connectivity index (χ0) is 8.15. The summed E-state index contributed by atoms with van der Waals surface area (Å²) in [6, 6.07) is 0. The molecule has 0 heterocycles. The van der Waals surface area contributed by atoms with Crippen molar-refractivity contribution in [2.45, 2.75) is 33.0 Å². The molecule has 0 saturated heterocycles. The average molecular weight is 142 g/mol. The average Bonchev–Trinajstić information content (AvgIpc) is 1.82. The van der Waals surface area contributed by atoms with Gasteiger partial charge < -0.3 is 10.2 Å². The summed E-state index contributed by atoms with van der Waals surface area (Å²) >= 11 is 0. The maximum Gasteiger partial charge on any atom is 0.117 e. The SMILES string of the molecule is CC(O)C#CC(O)C(C)C. The van der Waals surface area contributed by atoms with Gasteiger partial charge in [0, 0.05) is 0 Å². The molecule has 0 aromatic carbocycles. The Kier molecular flexibility index (Phi) is 4.10. The molecule has 0 bridgehead atoms. The van der Waals surface area contributed by atoms with E-state index in [0.29, 0.717) is 0 Å². The molecule has 2 N–H and O–H groups in total. The largest absolute Gasteiger partial charge is 0.381 e. The van der Waals surface area contributed by atoms with Crippen molar-refractivity contribution >= 4 is 0 Å². The van der Waals surface area contributed by atoms with Crippen LogP contribution < -0.4 is 0 Å². The molecular weight excluding hydrogens is 128 g/mol. The first-order valence-corrected chi connectivity index (χ1v) is 3.41. The number of aliphatic hydroxyl groups is 2. The summed E-state index contributed by atoms with van der Waals surface area (Å²) in [5, 5.41) is 17.8. The predicted molar refractivity (Wildman–Crippen MR) is 40.3 cm³/mol. The minimum atomic E-state index is -0.645. The van der Waals surface area contributed by atoms with Crippen molar-refractivity contribution in [3.63, 3.8) is 0 Å². The quantitative estimate of drug-likeness (QED) is 0.520. The molecule has 0 amide bonds. The molecule has 0 radical (unpaired) electrons. The Balaban J connectivity index is 3.80. The minimum Gasteiger partial charge on any atom is -0.381 e. The van der Waals surface area contributed by atoms with Gasteiger partial charge in [-0.3, -0.25) is 0 Å². The van der Waals surface area contributed by atoms with Gasteiger partial charge in [0.1, 0.15) is 12.2 Å². The Bertz CT molecular complexity index is 139. The third-order valence-electron chi connectivity index (χ3n) is 1.07. The van der Waals surface area contributed by atoms with Crippen LogP contribution in [0.15, 0.2) is 0 Å². The van der Waals surface area contributed by atoms with Crippen LogP contribution >= 0.6 is 0 Å². The van der Waals surface area contributed by atoms with E-state index in [-0.39, 0.29) is 5.92 Å². The molecule has 0 aromatic rings. The highest BCUT2D eigenvalue weighted by molar-refractivity contribution is 5.08. The highest BCUT2D eigenvalue weighted by atomic mass is 16.3. The number of rotatable bonds is 1. The van der Waals surface area contributed by atoms with Crippen LogP contribution in [0.4, 0.5) is 0 Å². The Hall–Kier alpha value is -0.520. The van der Waals surface area contributed by atoms with Gasteiger partial charge in [0.05, 0.1) is 0 Å². The molecule has 2 unspecified atom stereocenters. The lowest BCUT2D eigenvalue weighted by Crippen LogP contribution is -2.12. The van der Waals surface area contributed by atoms with Gasteiger partial charge >= 0.3 is 0 Å². The van der Waals surface area contributed by atoms with Crippen LogP contribution in [-0.4, -0.2) is 22.4 Å². The maximum absolute atomic E-state index is 9.09. The molecule has 0 aromatic heterocycles. The van der Waals surface area contributed by atoms with Crippen molar-refractivity contribution < 1.29 is 10.2 Å². The van der Waals surface area contributed by atoms with Crippen molar-refractivity contribution in [3.05, 3.63) is 0 Å². The molecule has 58 valence electrons. The molecule has 2 heteroatoms. The molecule has 0 aliphatic carbocycles. The highest BCUT2D eigenvalue weighted by Crippen LogP contribution is 1.98. The summed E-state index contributed by atoms with van der Waals surface area (Å²) in [5.41, 5.74) is 0. The molecular formula is C8H14O2. The first kappa shape index (κ1) is 9.48. The van der Waals surface area contributed by atoms with Crippen LogP contribution in [0.5, 0.6) is 0 Å². The number of aliphatic hydroxyl groups excluding tert-OH is 2. The van der Waals surface area contributed by atoms with Crippen LogP contribution in [-0.2, 0) is 0 Å². The molecule has 0 fully saturated rings. The van der Waals surface area contributed by atoms with Gasteiger partial charge in [-0.1, -0.05) is 25.7 Å². The fourth-order valence-corrected chi connectivity index (χ4v) is 0.373. The van der Waals surface area contributed by atoms with E-state index < -0.39 is 12.2 Å². The molecule has 0 aliphatic heterocycles. The maximum atomic E-state index is 9.09. The summed E-state index contributed by atoms with van der Waals surface area (Å²) in [5.74, 6) is 5.15. The second-order valence-corrected chi connectivity index (χ2v) is 2.65. The zero-order valence-corrected chi connectivity index (χ0v) is 6.63. The Morgan fingerprint density at radius 1 is 1.00 bits per heavy atom. The smallest absolute Gasteiger partial charge is 0.117 e. The normalized spacial score (nSPS) is 15.8. The monoisotopic (exact) mass is 142 g/mol. The third-order valence-corrected chi connectivity index (χ3v) is 1.07. The summed E-state index contributed by atoms with van der Waals surface area (Å²) < 4.78 is 0. The van der Waals surface area contributed by atoms with Crippen LogP contribution in [0.25, 0.3) is 0 Å². The summed E-state index contributed by atoms with van der Waals surface area (Å²) in [6.07, 6.45) is -1.26. The van der Waals surface area contributed by atoms with Crippen molar-refractivity contribution in [3.8, 4) is 11.8 Å². The van der Waals surface area contributed by atoms with Crippen molar-refractivity contribution in [2.24, 2.45) is 5.92 Å². The predicted octanol–water partition coefficient (Wildman–Crippen LogP) is 0.387. The lowest BCUT2D eigenvalue weighted by atomic mass is 10.1. The first-order valence-electron chi connectivity index (χ1n) is 3.41. The molecule has 2 nitrogen and oxygen atoms in total. The minimum absolute atomic E-state index is 0.131. The van der Waals surface area contributed by atoms with Crippen LogP contribution in [0.2, 0.25) is 0 Å². The number of hydrogen-bond donors (Lipinski definition) is 2. The Morgan fingerprint density at radius 3 is 1.80 bits per heavy atom. The lowest BCUT2D eigenvalue weighted by molar-refractivity contribution is 0.180. The van der Waals surface area contributed by atoms with Crippen molar-refractivity contribution in [1.29, 1.82) is 0 Å². The van der Waals surface area contributed by atoms with Crippen LogP contribution in [0, 0.1) is 17.8 Å². The molecule has 0 aliphatic rings. The van der Waals surface area contributed by atoms with Gasteiger partial charge in [-0.05, 0) is 12.8 Å². The van der Waals surface area contributed by atoms with E-state index >= 15 is 0 Å². The van der Waals surface area contributed by atoms with E-state index in [1.54, 1.807) is 6.92 Å². The molecule has 2 atom stereocenters. The fourth-order valence-electron chi connectivity index (χ4n) is 0.373. The van der Waals surface area contributed by atoms with Crippen LogP contribution in [0.1, 0.15) is 20.8 Å². The topological polar surface area (TPSA) is 40.5 Å². The molecule has 0 spiro atoms. The summed E-state index contributed by atoms with van der Waals surface area (Å²) in [4.78, 5) is 0. The molecule has 0 saturated carbocycles. The van der Waals surface area contributed by atoms with Gasteiger partial charge in [-0.25, -0.2) is 0 Å². The molecule has 0 rings (SSSR count). The number of hydrogen-bond acceptors (Lipinski definition) is 2. The Morgan fingerprint density at radius 2 is 1.50 bits per heavy atom. The van der Waals surface area contributed by atoms with Crippen molar-refractivity contribution in [2.75, 3.05) is 0 Å². The van der Waals surface area contributed by atoms with E-state index in [2.05, 4.69) is 11.8 Å². The Labute approximate surface area is 61.9 Å². The van der Waals surface area contributed by atoms with E-state index in [9.17, 15) is 0 Å². The van der Waals surface area contributed by atoms with Gasteiger partial charge in [0.25, 0.3) is 0 Å². The summed E-state index contributed by atoms with van der Waals surface area (Å²) in [6.45, 7) is 5.32. The van der Waals surface area contributed by atoms with Gasteiger partial charge in [-0.2, -0.15) is 0 Å². The van der Waals surface area contributed by atoms with Gasteiger partial charge in [0.15, 0.2) is 0 Å². The van der Waals surface area contributed by atoms with E-state index in [4.69, 9.17) is 10.2 Å². The summed E-state index contributed by atoms with van der Waals surface area (Å²) in [7, 11) is 0. The zero-order valence-electron chi connectivity index (χ0n) is 6.63. The van der Waals surface area contributed by atoms with Gasteiger partial charge in [-0.15, -0.1) is 0 Å². The fraction of sp³-hybridized carbons (Fsp3) is 0.750. The lowest BCUT2D eigenvalue weighted by Gasteiger charge is -2.05. The van der Waals surface area contributed by atoms with E-state index in [1.165, 1.54) is 0 Å². The van der Waals surface area contributed by atoms with E-state index in [1.807, 2.05) is 13.8 Å². The second-order valence-electron chi connectivity index (χ2n) is 2.65. The van der Waals surface area contributed by atoms with Crippen molar-refractivity contribution in [1.82, 2.24) is 0 Å². The first-order chi connectivity index (χ1) is 4.54. The second kappa shape index (κ2) is 4.32. The van der Waals surface area contributed by atoms with E-state index in [0.717, 1.165) is 0 Å².